The normalized spacial score (nSPS) is 30.8. The summed E-state index contributed by atoms with van der Waals surface area (Å²) in [5.74, 6) is 1.08. The highest BCUT2D eigenvalue weighted by molar-refractivity contribution is 8.00. The lowest BCUT2D eigenvalue weighted by molar-refractivity contribution is -0.138. The minimum atomic E-state index is -0.731. The molecule has 0 aromatic rings. The Labute approximate surface area is 83.3 Å². The van der Waals surface area contributed by atoms with Gasteiger partial charge in [0.25, 0.3) is 0 Å². The molecule has 76 valence electrons. The van der Waals surface area contributed by atoms with E-state index in [1.807, 2.05) is 0 Å². The molecule has 1 aliphatic rings. The number of hydrogen-bond acceptors (Lipinski definition) is 3. The molecule has 0 aromatic carbocycles. The van der Waals surface area contributed by atoms with Crippen LogP contribution in [0.25, 0.3) is 0 Å². The van der Waals surface area contributed by atoms with Crippen molar-refractivity contribution in [2.24, 2.45) is 11.8 Å². The Balaban J connectivity index is 2.45. The van der Waals surface area contributed by atoms with E-state index in [1.165, 1.54) is 0 Å². The van der Waals surface area contributed by atoms with E-state index < -0.39 is 5.97 Å². The van der Waals surface area contributed by atoms with Gasteiger partial charge in [-0.25, -0.2) is 0 Å². The van der Waals surface area contributed by atoms with Crippen LogP contribution in [-0.4, -0.2) is 28.2 Å². The first-order valence-corrected chi connectivity index (χ1v) is 5.67. The highest BCUT2D eigenvalue weighted by Crippen LogP contribution is 2.29. The van der Waals surface area contributed by atoms with Gasteiger partial charge in [0.2, 0.25) is 0 Å². The molecule has 0 amide bonds. The summed E-state index contributed by atoms with van der Waals surface area (Å²) >= 11 is 1.72. The lowest BCUT2D eigenvalue weighted by Gasteiger charge is -2.22. The fourth-order valence-electron chi connectivity index (χ4n) is 1.29. The third-order valence-electron chi connectivity index (χ3n) is 2.64. The largest absolute Gasteiger partial charge is 0.480 e. The van der Waals surface area contributed by atoms with E-state index >= 15 is 0 Å². The summed E-state index contributed by atoms with van der Waals surface area (Å²) in [6.07, 6.45) is 0. The molecule has 2 N–H and O–H groups in total. The monoisotopic (exact) mass is 203 g/mol. The molecule has 0 radical (unpaired) electrons. The van der Waals surface area contributed by atoms with Crippen molar-refractivity contribution in [2.75, 3.05) is 5.75 Å². The average molecular weight is 203 g/mol. The number of aliphatic carboxylic acids is 1. The minimum Gasteiger partial charge on any atom is -0.480 e. The molecule has 0 aliphatic carbocycles. The summed E-state index contributed by atoms with van der Waals surface area (Å²) in [7, 11) is 0. The van der Waals surface area contributed by atoms with Gasteiger partial charge in [-0.2, -0.15) is 0 Å². The van der Waals surface area contributed by atoms with E-state index in [1.54, 1.807) is 11.8 Å². The van der Waals surface area contributed by atoms with Crippen LogP contribution in [0.2, 0.25) is 0 Å². The van der Waals surface area contributed by atoms with Crippen molar-refractivity contribution in [2.45, 2.75) is 32.2 Å². The molecule has 1 heterocycles. The van der Waals surface area contributed by atoms with Crippen LogP contribution in [0.15, 0.2) is 0 Å². The molecule has 0 spiro atoms. The third-order valence-corrected chi connectivity index (χ3v) is 4.09. The highest BCUT2D eigenvalue weighted by atomic mass is 32.2. The number of rotatable bonds is 3. The Morgan fingerprint density at radius 3 is 2.54 bits per heavy atom. The van der Waals surface area contributed by atoms with Crippen LogP contribution in [0.3, 0.4) is 0 Å². The minimum absolute atomic E-state index is 0.307. The number of hydrogen-bond donors (Lipinski definition) is 2. The molecule has 2 unspecified atom stereocenters. The van der Waals surface area contributed by atoms with Crippen LogP contribution in [0.5, 0.6) is 0 Å². The van der Waals surface area contributed by atoms with E-state index in [-0.39, 0.29) is 6.04 Å². The molecular weight excluding hydrogens is 186 g/mol. The standard InChI is InChI=1S/C9H17NO2S/c1-5(2)6(3)8-10-7(4-13-8)9(11)12/h5-8,10H,4H2,1-3H3,(H,11,12)/t6?,7-,8?/m1/s1. The molecule has 3 nitrogen and oxygen atoms in total. The van der Waals surface area contributed by atoms with Crippen LogP contribution < -0.4 is 5.32 Å². The van der Waals surface area contributed by atoms with E-state index in [2.05, 4.69) is 26.1 Å². The molecule has 0 bridgehead atoms. The zero-order valence-corrected chi connectivity index (χ0v) is 9.10. The fraction of sp³-hybridized carbons (Fsp3) is 0.889. The summed E-state index contributed by atoms with van der Waals surface area (Å²) in [6.45, 7) is 6.50. The number of thioether (sulfide) groups is 1. The average Bonchev–Trinajstić information content (AvgIpc) is 2.50. The van der Waals surface area contributed by atoms with Gasteiger partial charge >= 0.3 is 5.97 Å². The summed E-state index contributed by atoms with van der Waals surface area (Å²) in [6, 6.07) is -0.351. The second-order valence-corrected chi connectivity index (χ2v) is 5.09. The zero-order valence-electron chi connectivity index (χ0n) is 8.28. The molecule has 1 saturated heterocycles. The van der Waals surface area contributed by atoms with Crippen LogP contribution >= 0.6 is 11.8 Å². The van der Waals surface area contributed by atoms with Crippen molar-refractivity contribution >= 4 is 17.7 Å². The molecule has 1 rings (SSSR count). The van der Waals surface area contributed by atoms with E-state index in [0.29, 0.717) is 23.0 Å². The molecule has 0 aromatic heterocycles. The number of carbonyl (C=O) groups is 1. The summed E-state index contributed by atoms with van der Waals surface area (Å²) in [5.41, 5.74) is 0. The first-order chi connectivity index (χ1) is 6.02. The van der Waals surface area contributed by atoms with E-state index in [9.17, 15) is 4.79 Å². The first kappa shape index (κ1) is 10.9. The molecular formula is C9H17NO2S. The molecule has 0 saturated carbocycles. The quantitative estimate of drug-likeness (QED) is 0.728. The maximum atomic E-state index is 10.7. The van der Waals surface area contributed by atoms with Crippen molar-refractivity contribution in [3.63, 3.8) is 0 Å². The molecule has 3 atom stereocenters. The van der Waals surface area contributed by atoms with Crippen molar-refractivity contribution in [1.29, 1.82) is 0 Å². The molecule has 13 heavy (non-hydrogen) atoms. The van der Waals surface area contributed by atoms with Crippen molar-refractivity contribution in [3.8, 4) is 0 Å². The van der Waals surface area contributed by atoms with Crippen LogP contribution in [0.1, 0.15) is 20.8 Å². The summed E-state index contributed by atoms with van der Waals surface area (Å²) < 4.78 is 0. The summed E-state index contributed by atoms with van der Waals surface area (Å²) in [4.78, 5) is 10.7. The lowest BCUT2D eigenvalue weighted by Crippen LogP contribution is -2.39. The lowest BCUT2D eigenvalue weighted by atomic mass is 9.98. The van der Waals surface area contributed by atoms with Gasteiger partial charge < -0.3 is 5.11 Å². The van der Waals surface area contributed by atoms with Gasteiger partial charge in [0.1, 0.15) is 6.04 Å². The Kier molecular flexibility index (Phi) is 3.62. The third kappa shape index (κ3) is 2.61. The second kappa shape index (κ2) is 4.33. The topological polar surface area (TPSA) is 49.3 Å². The van der Waals surface area contributed by atoms with Gasteiger partial charge in [0.05, 0.1) is 5.37 Å². The predicted octanol–water partition coefficient (Wildman–Crippen LogP) is 1.39. The smallest absolute Gasteiger partial charge is 0.321 e. The Hall–Kier alpha value is -0.220. The van der Waals surface area contributed by atoms with Gasteiger partial charge in [-0.15, -0.1) is 11.8 Å². The number of carboxylic acids is 1. The van der Waals surface area contributed by atoms with E-state index in [0.717, 1.165) is 0 Å². The van der Waals surface area contributed by atoms with Crippen LogP contribution in [0, 0.1) is 11.8 Å². The van der Waals surface area contributed by atoms with Crippen molar-refractivity contribution in [1.82, 2.24) is 5.32 Å². The van der Waals surface area contributed by atoms with Crippen molar-refractivity contribution < 1.29 is 9.90 Å². The zero-order chi connectivity index (χ0) is 10.0. The first-order valence-electron chi connectivity index (χ1n) is 4.63. The van der Waals surface area contributed by atoms with Crippen LogP contribution in [-0.2, 0) is 4.79 Å². The molecule has 1 fully saturated rings. The number of carboxylic acid groups (broad SMARTS) is 1. The molecule has 4 heteroatoms. The summed E-state index contributed by atoms with van der Waals surface area (Å²) in [5, 5.41) is 12.2. The highest BCUT2D eigenvalue weighted by Gasteiger charge is 2.33. The van der Waals surface area contributed by atoms with Gasteiger partial charge in [-0.3, -0.25) is 10.1 Å². The maximum Gasteiger partial charge on any atom is 0.321 e. The Bertz CT molecular complexity index is 196. The van der Waals surface area contributed by atoms with Gasteiger partial charge in [0, 0.05) is 5.75 Å². The second-order valence-electron chi connectivity index (χ2n) is 3.91. The predicted molar refractivity (Wildman–Crippen MR) is 54.8 cm³/mol. The van der Waals surface area contributed by atoms with E-state index in [4.69, 9.17) is 5.11 Å². The Morgan fingerprint density at radius 2 is 2.15 bits per heavy atom. The van der Waals surface area contributed by atoms with Gasteiger partial charge in [-0.05, 0) is 11.8 Å². The van der Waals surface area contributed by atoms with Gasteiger partial charge in [-0.1, -0.05) is 20.8 Å². The van der Waals surface area contributed by atoms with Crippen molar-refractivity contribution in [3.05, 3.63) is 0 Å². The van der Waals surface area contributed by atoms with Gasteiger partial charge in [0.15, 0.2) is 0 Å². The van der Waals surface area contributed by atoms with Crippen LogP contribution in [0.4, 0.5) is 0 Å². The number of nitrogens with one attached hydrogen (secondary N) is 1. The maximum absolute atomic E-state index is 10.7. The SMILES string of the molecule is CC(C)C(C)C1N[C@@H](C(=O)O)CS1. The Morgan fingerprint density at radius 1 is 1.54 bits per heavy atom. The fourth-order valence-corrected chi connectivity index (χ4v) is 2.81. The molecule has 1 aliphatic heterocycles.